The number of aliphatic hydroxyl groups is 1. The fourth-order valence-electron chi connectivity index (χ4n) is 7.49. The van der Waals surface area contributed by atoms with Crippen LogP contribution in [0.25, 0.3) is 0 Å². The van der Waals surface area contributed by atoms with Crippen LogP contribution in [0.15, 0.2) is 79.9 Å². The molecule has 43 heavy (non-hydrogen) atoms. The molecule has 0 saturated carbocycles. The molecule has 3 heterocycles. The van der Waals surface area contributed by atoms with Gasteiger partial charge in [0.1, 0.15) is 6.04 Å². The van der Waals surface area contributed by atoms with E-state index < -0.39 is 28.7 Å². The van der Waals surface area contributed by atoms with Gasteiger partial charge in [-0.3, -0.25) is 14.4 Å². The molecule has 3 saturated heterocycles. The van der Waals surface area contributed by atoms with Gasteiger partial charge in [-0.1, -0.05) is 74.9 Å². The quantitative estimate of drug-likeness (QED) is 0.338. The number of nitrogens with zero attached hydrogens (tertiary/aromatic N) is 3. The number of benzene rings is 2. The first-order valence-corrected chi connectivity index (χ1v) is 16.1. The molecule has 3 aliphatic rings. The van der Waals surface area contributed by atoms with Crippen LogP contribution in [0.3, 0.4) is 0 Å². The number of fused-ring (bicyclic) bond motifs is 1. The topological polar surface area (TPSA) is 81.2 Å². The van der Waals surface area contributed by atoms with E-state index in [1.54, 1.807) is 56.8 Å². The van der Waals surface area contributed by atoms with Gasteiger partial charge in [-0.2, -0.15) is 0 Å². The predicted molar refractivity (Wildman–Crippen MR) is 174 cm³/mol. The Balaban J connectivity index is 1.65. The summed E-state index contributed by atoms with van der Waals surface area (Å²) < 4.78 is -0.849. The summed E-state index contributed by atoms with van der Waals surface area (Å²) in [5.41, 5.74) is 1.27. The smallest absolute Gasteiger partial charge is 0.251 e. The fraction of sp³-hybridized carbons (Fsp3) is 0.441. The van der Waals surface area contributed by atoms with Crippen LogP contribution in [0.2, 0.25) is 5.02 Å². The highest BCUT2D eigenvalue weighted by Crippen LogP contribution is 2.69. The highest BCUT2D eigenvalue weighted by molar-refractivity contribution is 8.02. The number of amides is 3. The number of thioether (sulfide) groups is 1. The molecule has 2 bridgehead atoms. The van der Waals surface area contributed by atoms with Crippen LogP contribution >= 0.6 is 23.4 Å². The van der Waals surface area contributed by atoms with Gasteiger partial charge in [-0.25, -0.2) is 0 Å². The summed E-state index contributed by atoms with van der Waals surface area (Å²) in [5, 5.41) is 10.9. The second kappa shape index (κ2) is 12.5. The number of carbonyl (C=O) groups is 3. The minimum atomic E-state index is -0.895. The van der Waals surface area contributed by atoms with Gasteiger partial charge >= 0.3 is 0 Å². The van der Waals surface area contributed by atoms with E-state index in [1.165, 1.54) is 0 Å². The van der Waals surface area contributed by atoms with Crippen molar-refractivity contribution < 1.29 is 19.5 Å². The van der Waals surface area contributed by atoms with Gasteiger partial charge in [-0.05, 0) is 42.5 Å². The van der Waals surface area contributed by atoms with Crippen LogP contribution < -0.4 is 9.80 Å². The number of halogens is 1. The molecule has 0 aromatic heterocycles. The summed E-state index contributed by atoms with van der Waals surface area (Å²) in [6.07, 6.45) is 4.04. The molecule has 228 valence electrons. The van der Waals surface area contributed by atoms with Crippen LogP contribution in [0.1, 0.15) is 27.2 Å². The lowest BCUT2D eigenvalue weighted by atomic mass is 9.65. The Kier molecular flexibility index (Phi) is 9.12. The molecular weight excluding hydrogens is 582 g/mol. The van der Waals surface area contributed by atoms with Crippen molar-refractivity contribution in [2.24, 2.45) is 23.7 Å². The van der Waals surface area contributed by atoms with Gasteiger partial charge in [0, 0.05) is 24.0 Å². The molecule has 7 nitrogen and oxygen atoms in total. The van der Waals surface area contributed by atoms with Crippen molar-refractivity contribution in [3.8, 4) is 0 Å². The molecule has 3 amide bonds. The number of para-hydroxylation sites is 2. The highest BCUT2D eigenvalue weighted by Gasteiger charge is 2.77. The van der Waals surface area contributed by atoms with Crippen molar-refractivity contribution >= 4 is 52.5 Å². The van der Waals surface area contributed by atoms with Gasteiger partial charge < -0.3 is 19.8 Å². The minimum Gasteiger partial charge on any atom is -0.394 e. The molecule has 0 aliphatic carbocycles. The van der Waals surface area contributed by atoms with Crippen molar-refractivity contribution in [2.75, 3.05) is 29.5 Å². The second-order valence-corrected chi connectivity index (χ2v) is 14.0. The van der Waals surface area contributed by atoms with Crippen molar-refractivity contribution in [1.29, 1.82) is 0 Å². The maximum atomic E-state index is 14.9. The predicted octanol–water partition coefficient (Wildman–Crippen LogP) is 5.43. The summed E-state index contributed by atoms with van der Waals surface area (Å²) in [6, 6.07) is 15.1. The van der Waals surface area contributed by atoms with Gasteiger partial charge in [0.25, 0.3) is 5.91 Å². The first-order chi connectivity index (χ1) is 20.6. The Morgan fingerprint density at radius 3 is 2.30 bits per heavy atom. The van der Waals surface area contributed by atoms with Gasteiger partial charge in [-0.15, -0.1) is 24.9 Å². The Morgan fingerprint density at radius 2 is 1.70 bits per heavy atom. The third-order valence-electron chi connectivity index (χ3n) is 9.38. The Labute approximate surface area is 263 Å². The van der Waals surface area contributed by atoms with E-state index in [2.05, 4.69) is 20.1 Å². The number of hydrogen-bond acceptors (Lipinski definition) is 5. The zero-order valence-electron chi connectivity index (χ0n) is 24.9. The standard InChI is InChI=1S/C34H40ClN3O4S/c1-6-17-36(23-13-9-8-10-14-23)31(40)28-27-19-22(5)34(43-27)29(28)32(41)38(26(20-39)21(3)4)30(34)33(42)37(18-7-2)25-16-12-11-15-24(25)35/h6-16,21-22,26-30,39H,1-2,17-20H2,3-5H3/t22?,26-,27-,28+,29-,30?,34?/m0/s1. The van der Waals surface area contributed by atoms with Gasteiger partial charge in [0.2, 0.25) is 11.8 Å². The van der Waals surface area contributed by atoms with E-state index in [-0.39, 0.29) is 48.0 Å². The summed E-state index contributed by atoms with van der Waals surface area (Å²) in [7, 11) is 0. The molecular formula is C34H40ClN3O4S. The molecule has 3 unspecified atom stereocenters. The van der Waals surface area contributed by atoms with Crippen molar-refractivity contribution in [2.45, 2.75) is 49.3 Å². The Morgan fingerprint density at radius 1 is 1.07 bits per heavy atom. The molecule has 0 radical (unpaired) electrons. The number of rotatable bonds is 11. The lowest BCUT2D eigenvalue weighted by molar-refractivity contribution is -0.142. The molecule has 9 heteroatoms. The van der Waals surface area contributed by atoms with Gasteiger partial charge in [0.05, 0.1) is 39.9 Å². The van der Waals surface area contributed by atoms with Crippen molar-refractivity contribution in [3.05, 3.63) is 84.9 Å². The third kappa shape index (κ3) is 5.01. The summed E-state index contributed by atoms with van der Waals surface area (Å²) in [5.74, 6) is -2.13. The highest BCUT2D eigenvalue weighted by atomic mass is 35.5. The maximum absolute atomic E-state index is 14.9. The molecule has 5 rings (SSSR count). The monoisotopic (exact) mass is 621 g/mol. The lowest BCUT2D eigenvalue weighted by Gasteiger charge is -2.43. The average Bonchev–Trinajstić information content (AvgIpc) is 3.59. The second-order valence-electron chi connectivity index (χ2n) is 12.1. The fourth-order valence-corrected chi connectivity index (χ4v) is 10.1. The maximum Gasteiger partial charge on any atom is 0.251 e. The zero-order chi connectivity index (χ0) is 31.1. The molecule has 3 aliphatic heterocycles. The number of hydrogen-bond donors (Lipinski definition) is 1. The zero-order valence-corrected chi connectivity index (χ0v) is 26.5. The van der Waals surface area contributed by atoms with Crippen LogP contribution in [0, 0.1) is 23.7 Å². The first kappa shape index (κ1) is 31.4. The molecule has 1 spiro atoms. The van der Waals surface area contributed by atoms with E-state index >= 15 is 0 Å². The SMILES string of the molecule is C=CCN(C(=O)[C@@H]1[C@@H]2CC(C)C3(S2)C(C(=O)N(CC=C)c2ccccc2Cl)N([C@@H](CO)C(C)C)C(=O)[C@H]13)c1ccccc1. The largest absolute Gasteiger partial charge is 0.394 e. The van der Waals surface area contributed by atoms with E-state index in [0.29, 0.717) is 23.7 Å². The third-order valence-corrected chi connectivity index (χ3v) is 11.8. The Hall–Kier alpha value is -3.07. The van der Waals surface area contributed by atoms with Crippen molar-refractivity contribution in [3.63, 3.8) is 0 Å². The van der Waals surface area contributed by atoms with Crippen molar-refractivity contribution in [1.82, 2.24) is 4.90 Å². The molecule has 2 aromatic rings. The number of carbonyl (C=O) groups excluding carboxylic acids is 3. The summed E-state index contributed by atoms with van der Waals surface area (Å²) in [4.78, 5) is 49.1. The van der Waals surface area contributed by atoms with E-state index in [9.17, 15) is 19.5 Å². The summed E-state index contributed by atoms with van der Waals surface area (Å²) in [6.45, 7) is 13.9. The number of likely N-dealkylation sites (tertiary alicyclic amines) is 1. The molecule has 1 N–H and O–H groups in total. The van der Waals surface area contributed by atoms with E-state index in [0.717, 1.165) is 5.69 Å². The minimum absolute atomic E-state index is 0.0210. The molecule has 2 aromatic carbocycles. The number of aliphatic hydroxyl groups excluding tert-OH is 1. The number of anilines is 2. The average molecular weight is 622 g/mol. The van der Waals surface area contributed by atoms with Crippen LogP contribution in [0.4, 0.5) is 11.4 Å². The Bertz CT molecular complexity index is 1400. The van der Waals surface area contributed by atoms with Crippen LogP contribution in [-0.2, 0) is 14.4 Å². The molecule has 3 fully saturated rings. The lowest BCUT2D eigenvalue weighted by Crippen LogP contribution is -2.60. The van der Waals surface area contributed by atoms with E-state index in [1.807, 2.05) is 50.2 Å². The molecule has 7 atom stereocenters. The van der Waals surface area contributed by atoms with Gasteiger partial charge in [0.15, 0.2) is 0 Å². The van der Waals surface area contributed by atoms with E-state index in [4.69, 9.17) is 11.6 Å². The first-order valence-electron chi connectivity index (χ1n) is 14.9. The van der Waals surface area contributed by atoms with Crippen LogP contribution in [-0.4, -0.2) is 69.5 Å². The summed E-state index contributed by atoms with van der Waals surface area (Å²) >= 11 is 8.22. The normalized spacial score (nSPS) is 28.1. The van der Waals surface area contributed by atoms with Crippen LogP contribution in [0.5, 0.6) is 0 Å².